The van der Waals surface area contributed by atoms with Gasteiger partial charge in [-0.05, 0) is 31.2 Å². The molecule has 0 saturated carbocycles. The van der Waals surface area contributed by atoms with Gasteiger partial charge in [0, 0.05) is 11.9 Å². The van der Waals surface area contributed by atoms with Gasteiger partial charge in [-0.1, -0.05) is 25.1 Å². The first kappa shape index (κ1) is 16.5. The lowest BCUT2D eigenvalue weighted by Crippen LogP contribution is -2.07. The van der Waals surface area contributed by atoms with Crippen molar-refractivity contribution in [3.63, 3.8) is 0 Å². The number of rotatable bonds is 6. The number of benzene rings is 1. The molecule has 0 aliphatic rings. The Labute approximate surface area is 136 Å². The molecule has 0 spiro atoms. The first-order chi connectivity index (χ1) is 10.8. The van der Waals surface area contributed by atoms with Crippen LogP contribution in [0.4, 0.5) is 11.8 Å². The average molecular weight is 310 g/mol. The monoisotopic (exact) mass is 310 g/mol. The summed E-state index contributed by atoms with van der Waals surface area (Å²) in [6, 6.07) is 9.90. The normalized spacial score (nSPS) is 10.1. The molecule has 2 N–H and O–H groups in total. The number of hydrogen-bond acceptors (Lipinski definition) is 5. The van der Waals surface area contributed by atoms with Crippen molar-refractivity contribution >= 4 is 22.7 Å². The van der Waals surface area contributed by atoms with Gasteiger partial charge in [0.25, 0.3) is 0 Å². The van der Waals surface area contributed by atoms with Crippen LogP contribution in [0.5, 0.6) is 0 Å². The Hall–Kier alpha value is -2.82. The Kier molecular flexibility index (Phi) is 5.36. The maximum absolute atomic E-state index is 5.31. The van der Waals surface area contributed by atoms with Crippen LogP contribution in [0.1, 0.15) is 18.8 Å². The first-order valence-electron chi connectivity index (χ1n) is 7.15. The second-order valence-electron chi connectivity index (χ2n) is 5.02. The summed E-state index contributed by atoms with van der Waals surface area (Å²) in [5.74, 6) is 2.21. The topological polar surface area (TPSA) is 63.0 Å². The Balaban J connectivity index is 0.00000192. The fraction of sp³-hybridized carbons (Fsp3) is 0.222. The quantitative estimate of drug-likeness (QED) is 0.662. The molecule has 1 aromatic carbocycles. The minimum Gasteiger partial charge on any atom is -0.467 e. The summed E-state index contributed by atoms with van der Waals surface area (Å²) in [7, 11) is 0. The van der Waals surface area contributed by atoms with E-state index in [1.807, 2.05) is 24.3 Å². The van der Waals surface area contributed by atoms with Gasteiger partial charge >= 0.3 is 0 Å². The SMILES string of the molecule is C.C=CCNc1nc(NCc2ccco2)nc2ccc(C)cc12. The van der Waals surface area contributed by atoms with Crippen LogP contribution in [0.2, 0.25) is 0 Å². The van der Waals surface area contributed by atoms with Crippen molar-refractivity contribution in [2.24, 2.45) is 0 Å². The van der Waals surface area contributed by atoms with E-state index in [9.17, 15) is 0 Å². The summed E-state index contributed by atoms with van der Waals surface area (Å²) < 4.78 is 5.31. The fourth-order valence-electron chi connectivity index (χ4n) is 2.20. The summed E-state index contributed by atoms with van der Waals surface area (Å²) in [5, 5.41) is 7.46. The van der Waals surface area contributed by atoms with Crippen LogP contribution in [0.25, 0.3) is 10.9 Å². The average Bonchev–Trinajstić information content (AvgIpc) is 3.04. The molecule has 0 radical (unpaired) electrons. The molecule has 0 atom stereocenters. The van der Waals surface area contributed by atoms with Crippen LogP contribution < -0.4 is 10.6 Å². The number of hydrogen-bond donors (Lipinski definition) is 2. The third-order valence-corrected chi connectivity index (χ3v) is 3.27. The zero-order chi connectivity index (χ0) is 15.4. The Morgan fingerprint density at radius 3 is 2.83 bits per heavy atom. The van der Waals surface area contributed by atoms with Crippen molar-refractivity contribution in [1.82, 2.24) is 9.97 Å². The molecule has 23 heavy (non-hydrogen) atoms. The van der Waals surface area contributed by atoms with Crippen molar-refractivity contribution in [3.8, 4) is 0 Å². The molecule has 0 unspecified atom stereocenters. The van der Waals surface area contributed by atoms with Crippen LogP contribution >= 0.6 is 0 Å². The molecule has 0 aliphatic carbocycles. The highest BCUT2D eigenvalue weighted by molar-refractivity contribution is 5.90. The zero-order valence-corrected chi connectivity index (χ0v) is 12.5. The molecule has 0 fully saturated rings. The van der Waals surface area contributed by atoms with Gasteiger partial charge < -0.3 is 15.1 Å². The Morgan fingerprint density at radius 1 is 1.22 bits per heavy atom. The molecule has 2 heterocycles. The van der Waals surface area contributed by atoms with Crippen molar-refractivity contribution < 1.29 is 4.42 Å². The van der Waals surface area contributed by atoms with Crippen LogP contribution in [0.15, 0.2) is 53.7 Å². The molecule has 5 heteroatoms. The van der Waals surface area contributed by atoms with Gasteiger partial charge in [-0.15, -0.1) is 6.58 Å². The lowest BCUT2D eigenvalue weighted by molar-refractivity contribution is 0.517. The van der Waals surface area contributed by atoms with Crippen LogP contribution in [-0.4, -0.2) is 16.5 Å². The van der Waals surface area contributed by atoms with E-state index in [1.165, 1.54) is 5.56 Å². The highest BCUT2D eigenvalue weighted by Crippen LogP contribution is 2.23. The van der Waals surface area contributed by atoms with Gasteiger partial charge in [0.2, 0.25) is 5.95 Å². The largest absolute Gasteiger partial charge is 0.467 e. The molecular formula is C18H22N4O. The van der Waals surface area contributed by atoms with Gasteiger partial charge in [-0.2, -0.15) is 4.98 Å². The van der Waals surface area contributed by atoms with Crippen molar-refractivity contribution in [2.45, 2.75) is 20.9 Å². The third kappa shape index (κ3) is 3.88. The molecule has 2 aromatic heterocycles. The van der Waals surface area contributed by atoms with Crippen LogP contribution in [-0.2, 0) is 6.54 Å². The van der Waals surface area contributed by atoms with E-state index in [0.29, 0.717) is 19.0 Å². The summed E-state index contributed by atoms with van der Waals surface area (Å²) in [6.07, 6.45) is 3.46. The van der Waals surface area contributed by atoms with E-state index in [4.69, 9.17) is 4.42 Å². The Morgan fingerprint density at radius 2 is 2.09 bits per heavy atom. The van der Waals surface area contributed by atoms with E-state index in [1.54, 1.807) is 12.3 Å². The molecule has 120 valence electrons. The lowest BCUT2D eigenvalue weighted by Gasteiger charge is -2.11. The summed E-state index contributed by atoms with van der Waals surface area (Å²) in [6.45, 7) is 6.98. The predicted octanol–water partition coefficient (Wildman–Crippen LogP) is 4.38. The minimum atomic E-state index is 0. The van der Waals surface area contributed by atoms with E-state index in [-0.39, 0.29) is 7.43 Å². The van der Waals surface area contributed by atoms with Crippen LogP contribution in [0.3, 0.4) is 0 Å². The Bertz CT molecular complexity index is 781. The zero-order valence-electron chi connectivity index (χ0n) is 12.5. The number of nitrogens with zero attached hydrogens (tertiary/aromatic N) is 2. The number of aromatic nitrogens is 2. The van der Waals surface area contributed by atoms with Crippen molar-refractivity contribution in [1.29, 1.82) is 0 Å². The molecule has 5 nitrogen and oxygen atoms in total. The van der Waals surface area contributed by atoms with Gasteiger partial charge in [-0.25, -0.2) is 4.98 Å². The number of fused-ring (bicyclic) bond motifs is 1. The number of anilines is 2. The second-order valence-corrected chi connectivity index (χ2v) is 5.02. The highest BCUT2D eigenvalue weighted by atomic mass is 16.3. The van der Waals surface area contributed by atoms with Crippen molar-refractivity contribution in [2.75, 3.05) is 17.2 Å². The van der Waals surface area contributed by atoms with Gasteiger partial charge in [0.05, 0.1) is 18.3 Å². The van der Waals surface area contributed by atoms with Gasteiger partial charge in [0.1, 0.15) is 11.6 Å². The predicted molar refractivity (Wildman–Crippen MR) is 95.7 cm³/mol. The molecule has 0 aliphatic heterocycles. The highest BCUT2D eigenvalue weighted by Gasteiger charge is 2.08. The summed E-state index contributed by atoms with van der Waals surface area (Å²) in [4.78, 5) is 9.11. The molecule has 3 rings (SSSR count). The van der Waals surface area contributed by atoms with E-state index in [0.717, 1.165) is 22.5 Å². The lowest BCUT2D eigenvalue weighted by atomic mass is 10.1. The maximum Gasteiger partial charge on any atom is 0.225 e. The number of furan rings is 1. The van der Waals surface area contributed by atoms with Gasteiger partial charge in [-0.3, -0.25) is 0 Å². The molecule has 0 bridgehead atoms. The standard InChI is InChI=1S/C17H18N4O.CH4/c1-3-8-18-16-14-10-12(2)6-7-15(14)20-17(21-16)19-11-13-5-4-9-22-13;/h3-7,9-10H,1,8,11H2,2H3,(H2,18,19,20,21);1H4. The number of nitrogens with one attached hydrogen (secondary N) is 2. The minimum absolute atomic E-state index is 0. The van der Waals surface area contributed by atoms with Gasteiger partial charge in [0.15, 0.2) is 0 Å². The summed E-state index contributed by atoms with van der Waals surface area (Å²) in [5.41, 5.74) is 2.07. The fourth-order valence-corrected chi connectivity index (χ4v) is 2.20. The molecular weight excluding hydrogens is 288 g/mol. The number of aryl methyl sites for hydroxylation is 1. The third-order valence-electron chi connectivity index (χ3n) is 3.27. The summed E-state index contributed by atoms with van der Waals surface area (Å²) >= 11 is 0. The molecule has 0 amide bonds. The van der Waals surface area contributed by atoms with E-state index < -0.39 is 0 Å². The van der Waals surface area contributed by atoms with Crippen molar-refractivity contribution in [3.05, 3.63) is 60.6 Å². The van der Waals surface area contributed by atoms with Crippen LogP contribution in [0, 0.1) is 6.92 Å². The maximum atomic E-state index is 5.31. The molecule has 3 aromatic rings. The first-order valence-corrected chi connectivity index (χ1v) is 7.15. The smallest absolute Gasteiger partial charge is 0.225 e. The van der Waals surface area contributed by atoms with E-state index >= 15 is 0 Å². The molecule has 0 saturated heterocycles. The van der Waals surface area contributed by atoms with E-state index in [2.05, 4.69) is 40.2 Å². The second kappa shape index (κ2) is 7.45.